The number of allylic oxidation sites excluding steroid dienone is 16. The van der Waals surface area contributed by atoms with E-state index in [0.717, 1.165) is 109 Å². The van der Waals surface area contributed by atoms with Gasteiger partial charge in [-0.25, -0.2) is 0 Å². The van der Waals surface area contributed by atoms with Gasteiger partial charge >= 0.3 is 17.9 Å². The molecule has 1 atom stereocenters. The number of ether oxygens (including phenoxy) is 3. The van der Waals surface area contributed by atoms with E-state index in [2.05, 4.69) is 118 Å². The third-order valence-electron chi connectivity index (χ3n) is 14.5. The van der Waals surface area contributed by atoms with E-state index in [-0.39, 0.29) is 31.1 Å². The minimum atomic E-state index is -0.804. The lowest BCUT2D eigenvalue weighted by molar-refractivity contribution is -0.167. The summed E-state index contributed by atoms with van der Waals surface area (Å²) >= 11 is 0. The molecule has 0 amide bonds. The zero-order valence-electron chi connectivity index (χ0n) is 52.1. The van der Waals surface area contributed by atoms with Gasteiger partial charge < -0.3 is 14.2 Å². The smallest absolute Gasteiger partial charge is 0.306 e. The lowest BCUT2D eigenvalue weighted by atomic mass is 10.0. The van der Waals surface area contributed by atoms with E-state index in [1.165, 1.54) is 180 Å². The fraction of sp³-hybridized carbons (Fsp3) is 0.740. The second-order valence-corrected chi connectivity index (χ2v) is 22.3. The maximum absolute atomic E-state index is 12.9. The minimum absolute atomic E-state index is 0.0950. The second-order valence-electron chi connectivity index (χ2n) is 22.3. The predicted octanol–water partition coefficient (Wildman–Crippen LogP) is 23.2. The Hall–Kier alpha value is -3.67. The largest absolute Gasteiger partial charge is 0.462 e. The summed E-state index contributed by atoms with van der Waals surface area (Å²) in [5, 5.41) is 0. The summed E-state index contributed by atoms with van der Waals surface area (Å²) < 4.78 is 16.9. The summed E-state index contributed by atoms with van der Waals surface area (Å²) in [6, 6.07) is 0. The Morgan fingerprint density at radius 2 is 0.494 bits per heavy atom. The topological polar surface area (TPSA) is 78.9 Å². The molecule has 0 radical (unpaired) electrons. The molecule has 79 heavy (non-hydrogen) atoms. The quantitative estimate of drug-likeness (QED) is 0.0261. The van der Waals surface area contributed by atoms with Gasteiger partial charge in [0.2, 0.25) is 0 Å². The van der Waals surface area contributed by atoms with E-state index in [9.17, 15) is 14.4 Å². The molecule has 0 saturated carbocycles. The lowest BCUT2D eigenvalue weighted by Crippen LogP contribution is -2.30. The predicted molar refractivity (Wildman–Crippen MR) is 344 cm³/mol. The highest BCUT2D eigenvalue weighted by molar-refractivity contribution is 5.71. The molecule has 0 aromatic carbocycles. The second kappa shape index (κ2) is 66.8. The number of esters is 3. The number of carbonyl (C=O) groups excluding carboxylic acids is 3. The third kappa shape index (κ3) is 65.0. The summed E-state index contributed by atoms with van der Waals surface area (Å²) in [5.41, 5.74) is 0. The molecule has 0 aliphatic rings. The number of carbonyl (C=O) groups is 3. The van der Waals surface area contributed by atoms with Gasteiger partial charge in [0, 0.05) is 19.3 Å². The highest BCUT2D eigenvalue weighted by Crippen LogP contribution is 2.17. The van der Waals surface area contributed by atoms with Gasteiger partial charge in [0.05, 0.1) is 0 Å². The monoisotopic (exact) mass is 1100 g/mol. The Bertz CT molecular complexity index is 1540. The van der Waals surface area contributed by atoms with Crippen LogP contribution in [0.25, 0.3) is 0 Å². The fourth-order valence-corrected chi connectivity index (χ4v) is 9.50. The van der Waals surface area contributed by atoms with E-state index in [1.54, 1.807) is 0 Å². The normalized spacial score (nSPS) is 12.7. The first-order chi connectivity index (χ1) is 39.0. The van der Waals surface area contributed by atoms with Crippen LogP contribution in [0.1, 0.15) is 329 Å². The number of hydrogen-bond acceptors (Lipinski definition) is 6. The SMILES string of the molecule is CC/C=C\C/C=C\C/C=C\C/C=C\CCCCC(=O)OCC(COC(=O)CCCCCCCCCCCCCCCCC/C=C\CCCCCCCCCC)OC(=O)CCCCCCCC/C=C\C/C=C\C/C=C\CCCCC. The van der Waals surface area contributed by atoms with Gasteiger partial charge in [0.1, 0.15) is 13.2 Å². The van der Waals surface area contributed by atoms with Crippen molar-refractivity contribution in [2.75, 3.05) is 13.2 Å². The standard InChI is InChI=1S/C73H126O6/c1-4-7-10-13-16-19-22-25-28-30-32-33-34-35-36-37-38-39-41-42-45-48-51-54-57-60-63-66-72(75)78-69-70(68-77-71(74)65-62-59-56-53-50-47-44-27-24-21-18-15-12-9-6-3)79-73(76)67-64-61-58-55-52-49-46-43-40-31-29-26-23-20-17-14-11-8-5-2/h9,12,17-18,20-21,26-27,29-30,32,40,43-44,50,53,70H,4-8,10-11,13-16,19,22-25,28,31,33-39,41-42,45-49,51-52,54-69H2,1-3H3/b12-9-,20-17-,21-18-,29-26-,32-30-,43-40-,44-27-,53-50-. The molecule has 454 valence electrons. The Morgan fingerprint density at radius 3 is 0.835 bits per heavy atom. The Balaban J connectivity index is 4.33. The first-order valence-corrected chi connectivity index (χ1v) is 33.7. The van der Waals surface area contributed by atoms with Crippen LogP contribution in [0, 0.1) is 0 Å². The number of unbranched alkanes of at least 4 members (excludes halogenated alkanes) is 34. The van der Waals surface area contributed by atoms with Crippen molar-refractivity contribution < 1.29 is 28.6 Å². The molecular weight excluding hydrogens is 973 g/mol. The van der Waals surface area contributed by atoms with Gasteiger partial charge in [-0.1, -0.05) is 285 Å². The molecule has 0 fully saturated rings. The number of rotatable bonds is 61. The summed E-state index contributed by atoms with van der Waals surface area (Å²) in [7, 11) is 0. The van der Waals surface area contributed by atoms with Crippen LogP contribution in [0.2, 0.25) is 0 Å². The first-order valence-electron chi connectivity index (χ1n) is 33.7. The maximum Gasteiger partial charge on any atom is 0.306 e. The molecule has 1 unspecified atom stereocenters. The Morgan fingerprint density at radius 1 is 0.266 bits per heavy atom. The van der Waals surface area contributed by atoms with Crippen molar-refractivity contribution in [2.24, 2.45) is 0 Å². The van der Waals surface area contributed by atoms with Crippen LogP contribution in [0.4, 0.5) is 0 Å². The zero-order chi connectivity index (χ0) is 57.1. The van der Waals surface area contributed by atoms with Crippen molar-refractivity contribution in [3.05, 3.63) is 97.2 Å². The molecule has 0 aliphatic carbocycles. The van der Waals surface area contributed by atoms with E-state index in [0.29, 0.717) is 19.3 Å². The molecule has 6 nitrogen and oxygen atoms in total. The van der Waals surface area contributed by atoms with Crippen molar-refractivity contribution in [3.63, 3.8) is 0 Å². The van der Waals surface area contributed by atoms with Crippen molar-refractivity contribution in [3.8, 4) is 0 Å². The Kier molecular flexibility index (Phi) is 63.7. The summed E-state index contributed by atoms with van der Waals surface area (Å²) in [6.45, 7) is 6.48. The molecule has 0 spiro atoms. The van der Waals surface area contributed by atoms with Crippen molar-refractivity contribution in [1.82, 2.24) is 0 Å². The maximum atomic E-state index is 12.9. The van der Waals surface area contributed by atoms with Gasteiger partial charge in [-0.05, 0) is 122 Å². The summed E-state index contributed by atoms with van der Waals surface area (Å²) in [5.74, 6) is -0.940. The van der Waals surface area contributed by atoms with Crippen LogP contribution in [0.3, 0.4) is 0 Å². The fourth-order valence-electron chi connectivity index (χ4n) is 9.50. The average molecular weight is 1100 g/mol. The van der Waals surface area contributed by atoms with E-state index >= 15 is 0 Å². The van der Waals surface area contributed by atoms with Gasteiger partial charge in [0.25, 0.3) is 0 Å². The molecule has 0 aromatic heterocycles. The Labute approximate surface area is 489 Å². The van der Waals surface area contributed by atoms with Gasteiger partial charge in [-0.3, -0.25) is 14.4 Å². The van der Waals surface area contributed by atoms with Crippen LogP contribution in [-0.4, -0.2) is 37.2 Å². The van der Waals surface area contributed by atoms with Crippen LogP contribution in [0.5, 0.6) is 0 Å². The molecule has 6 heteroatoms. The van der Waals surface area contributed by atoms with E-state index < -0.39 is 6.10 Å². The first kappa shape index (κ1) is 75.3. The van der Waals surface area contributed by atoms with Crippen LogP contribution in [0.15, 0.2) is 97.2 Å². The van der Waals surface area contributed by atoms with E-state index in [1.807, 2.05) is 0 Å². The lowest BCUT2D eigenvalue weighted by Gasteiger charge is -2.18. The van der Waals surface area contributed by atoms with Gasteiger partial charge in [-0.15, -0.1) is 0 Å². The molecule has 0 saturated heterocycles. The molecule has 0 heterocycles. The van der Waals surface area contributed by atoms with Crippen molar-refractivity contribution >= 4 is 17.9 Å². The van der Waals surface area contributed by atoms with Gasteiger partial charge in [0.15, 0.2) is 6.10 Å². The summed E-state index contributed by atoms with van der Waals surface area (Å²) in [6.07, 6.45) is 90.0. The van der Waals surface area contributed by atoms with Crippen LogP contribution in [-0.2, 0) is 28.6 Å². The highest BCUT2D eigenvalue weighted by Gasteiger charge is 2.19. The molecule has 0 rings (SSSR count). The molecule has 0 N–H and O–H groups in total. The molecule has 0 aliphatic heterocycles. The van der Waals surface area contributed by atoms with Crippen LogP contribution < -0.4 is 0 Å². The minimum Gasteiger partial charge on any atom is -0.462 e. The zero-order valence-corrected chi connectivity index (χ0v) is 52.1. The van der Waals surface area contributed by atoms with Gasteiger partial charge in [-0.2, -0.15) is 0 Å². The molecular formula is C73H126O6. The molecule has 0 bridgehead atoms. The van der Waals surface area contributed by atoms with E-state index in [4.69, 9.17) is 14.2 Å². The van der Waals surface area contributed by atoms with Crippen molar-refractivity contribution in [1.29, 1.82) is 0 Å². The van der Waals surface area contributed by atoms with Crippen LogP contribution >= 0.6 is 0 Å². The summed E-state index contributed by atoms with van der Waals surface area (Å²) in [4.78, 5) is 38.4. The highest BCUT2D eigenvalue weighted by atomic mass is 16.6. The third-order valence-corrected chi connectivity index (χ3v) is 14.5. The molecule has 0 aromatic rings. The number of hydrogen-bond donors (Lipinski definition) is 0. The average Bonchev–Trinajstić information content (AvgIpc) is 3.45. The van der Waals surface area contributed by atoms with Crippen molar-refractivity contribution in [2.45, 2.75) is 335 Å².